The summed E-state index contributed by atoms with van der Waals surface area (Å²) in [7, 11) is 0. The fourth-order valence-corrected chi connectivity index (χ4v) is 7.27. The number of aromatic hydroxyl groups is 1. The maximum absolute atomic E-state index is 14.3. The third kappa shape index (κ3) is 6.66. The number of rotatable bonds is 8. The van der Waals surface area contributed by atoms with Gasteiger partial charge in [0.1, 0.15) is 22.8 Å². The van der Waals surface area contributed by atoms with Crippen molar-refractivity contribution in [3.05, 3.63) is 51.0 Å². The molecule has 0 saturated carbocycles. The predicted molar refractivity (Wildman–Crippen MR) is 174 cm³/mol. The molecule has 3 aliphatic carbocycles. The number of aliphatic hydroxyl groups is 3. The average molecular weight is 669 g/mol. The number of phenolic OH excluding ortho intramolecular Hbond substituents is 1. The minimum Gasteiger partial charge on any atom is -0.511 e. The highest BCUT2D eigenvalue weighted by Crippen LogP contribution is 2.52. The summed E-state index contributed by atoms with van der Waals surface area (Å²) in [5, 5.41) is 45.3. The molecule has 0 heterocycles. The molecule has 262 valence electrons. The van der Waals surface area contributed by atoms with Gasteiger partial charge in [-0.2, -0.15) is 0 Å². The van der Waals surface area contributed by atoms with E-state index in [-0.39, 0.29) is 53.9 Å². The summed E-state index contributed by atoms with van der Waals surface area (Å²) < 4.78 is 10.5. The molecule has 0 fully saturated rings. The van der Waals surface area contributed by atoms with Crippen LogP contribution in [0.5, 0.6) is 5.75 Å². The first-order valence-electron chi connectivity index (χ1n) is 16.4. The lowest BCUT2D eigenvalue weighted by atomic mass is 9.59. The Balaban J connectivity index is 1.77. The van der Waals surface area contributed by atoms with E-state index >= 15 is 0 Å². The Morgan fingerprint density at radius 3 is 2.17 bits per heavy atom. The van der Waals surface area contributed by atoms with Crippen LogP contribution in [0.4, 0.5) is 0 Å². The molecule has 1 unspecified atom stereocenters. The van der Waals surface area contributed by atoms with Crippen LogP contribution in [0.25, 0.3) is 0 Å². The van der Waals surface area contributed by atoms with Gasteiger partial charge in [-0.25, -0.2) is 0 Å². The number of allylic oxidation sites excluding steroid dienone is 2. The van der Waals surface area contributed by atoms with E-state index in [0.717, 1.165) is 12.5 Å². The maximum Gasteiger partial charge on any atom is 0.314 e. The highest BCUT2D eigenvalue weighted by molar-refractivity contribution is 6.25. The molecule has 11 nitrogen and oxygen atoms in total. The summed E-state index contributed by atoms with van der Waals surface area (Å²) in [5.74, 6) is -8.09. The van der Waals surface area contributed by atoms with Crippen molar-refractivity contribution in [3.8, 4) is 5.75 Å². The largest absolute Gasteiger partial charge is 0.511 e. The lowest BCUT2D eigenvalue weighted by molar-refractivity contribution is -0.176. The smallest absolute Gasteiger partial charge is 0.314 e. The molecule has 0 aromatic heterocycles. The number of fused-ring (bicyclic) bond motifs is 3. The van der Waals surface area contributed by atoms with E-state index in [1.54, 1.807) is 26.8 Å². The fraction of sp³-hybridized carbons (Fsp3) is 0.595. The van der Waals surface area contributed by atoms with E-state index in [9.17, 15) is 44.4 Å². The van der Waals surface area contributed by atoms with Crippen LogP contribution < -0.4 is 0 Å². The quantitative estimate of drug-likeness (QED) is 0.156. The van der Waals surface area contributed by atoms with Crippen molar-refractivity contribution in [1.82, 2.24) is 0 Å². The van der Waals surface area contributed by atoms with Crippen LogP contribution in [-0.2, 0) is 41.5 Å². The number of carbonyl (C=O) groups excluding carboxylic acids is 5. The summed E-state index contributed by atoms with van der Waals surface area (Å²) in [4.78, 5) is 65.4. The van der Waals surface area contributed by atoms with Gasteiger partial charge >= 0.3 is 11.9 Å². The van der Waals surface area contributed by atoms with Gasteiger partial charge in [-0.05, 0) is 87.3 Å². The summed E-state index contributed by atoms with van der Waals surface area (Å²) in [5.41, 5.74) is -3.00. The Labute approximate surface area is 281 Å². The Morgan fingerprint density at radius 1 is 1.00 bits per heavy atom. The average Bonchev–Trinajstić information content (AvgIpc) is 2.94. The van der Waals surface area contributed by atoms with Gasteiger partial charge in [-0.1, -0.05) is 40.7 Å². The molecule has 48 heavy (non-hydrogen) atoms. The molecule has 0 bridgehead atoms. The topological polar surface area (TPSA) is 185 Å². The second-order valence-electron chi connectivity index (χ2n) is 16.0. The van der Waals surface area contributed by atoms with Crippen LogP contribution in [0.3, 0.4) is 0 Å². The molecular formula is C37H48O11. The number of esters is 2. The van der Waals surface area contributed by atoms with Gasteiger partial charge in [0.05, 0.1) is 16.9 Å². The normalized spacial score (nSPS) is 23.4. The van der Waals surface area contributed by atoms with Crippen LogP contribution in [0, 0.1) is 28.6 Å². The number of ether oxygens (including phenoxy) is 2. The minimum atomic E-state index is -2.58. The Hall–Kier alpha value is -3.99. The fourth-order valence-electron chi connectivity index (χ4n) is 7.27. The monoisotopic (exact) mass is 668 g/mol. The highest BCUT2D eigenvalue weighted by Gasteiger charge is 2.59. The van der Waals surface area contributed by atoms with Crippen molar-refractivity contribution in [2.24, 2.45) is 28.6 Å². The number of hydrogen-bond acceptors (Lipinski definition) is 11. The van der Waals surface area contributed by atoms with Crippen molar-refractivity contribution in [3.63, 3.8) is 0 Å². The molecule has 4 rings (SSSR count). The molecular weight excluding hydrogens is 620 g/mol. The zero-order chi connectivity index (χ0) is 36.3. The highest BCUT2D eigenvalue weighted by atomic mass is 16.7. The van der Waals surface area contributed by atoms with E-state index in [4.69, 9.17) is 9.47 Å². The number of ketones is 3. The van der Waals surface area contributed by atoms with Gasteiger partial charge in [0.15, 0.2) is 17.2 Å². The van der Waals surface area contributed by atoms with Gasteiger partial charge in [-0.3, -0.25) is 24.0 Å². The van der Waals surface area contributed by atoms with Gasteiger partial charge < -0.3 is 29.9 Å². The lowest BCUT2D eigenvalue weighted by Gasteiger charge is -2.46. The summed E-state index contributed by atoms with van der Waals surface area (Å²) in [6, 6.07) is 1.78. The van der Waals surface area contributed by atoms with Crippen LogP contribution >= 0.6 is 0 Å². The first-order valence-corrected chi connectivity index (χ1v) is 16.4. The van der Waals surface area contributed by atoms with Crippen molar-refractivity contribution >= 4 is 29.3 Å². The minimum absolute atomic E-state index is 0.0135. The van der Waals surface area contributed by atoms with E-state index in [0.29, 0.717) is 17.5 Å². The standard InChI is InChI=1S/C37H48O11/c1-17(2)23-13-20(10-21(15-35(4,5)6)33(44)47-16-48-34(45)36(7,8)9)29(40)28-24(23)12-19-11-22-14-25(39)26(18(3)38)31(42)37(22,46)32(43)27(19)30(28)41/h13,17,19,21-22,39-40,43,46H,10-12,14-16H2,1-9H3/t19-,21?,22+,37-/m0/s1. The Kier molecular flexibility index (Phi) is 9.82. The lowest BCUT2D eigenvalue weighted by Crippen LogP contribution is -2.56. The van der Waals surface area contributed by atoms with Crippen LogP contribution in [0.1, 0.15) is 115 Å². The Bertz CT molecular complexity index is 1630. The van der Waals surface area contributed by atoms with E-state index < -0.39 is 81.9 Å². The summed E-state index contributed by atoms with van der Waals surface area (Å²) in [6.45, 7) is 15.2. The SMILES string of the molecule is CC(=O)C1=C(O)C[C@H]2C[C@H]3Cc4c(C(C)C)cc(CC(CC(C)(C)C)C(=O)OCOC(=O)C(C)(C)C)c(O)c4C(=O)C3=C(O)[C@@]2(O)C1=O. The summed E-state index contributed by atoms with van der Waals surface area (Å²) >= 11 is 0. The van der Waals surface area contributed by atoms with Crippen LogP contribution in [0.15, 0.2) is 28.7 Å². The first-order chi connectivity index (χ1) is 22.0. The van der Waals surface area contributed by atoms with E-state index in [2.05, 4.69) is 0 Å². The van der Waals surface area contributed by atoms with Gasteiger partial charge in [-0.15, -0.1) is 0 Å². The zero-order valence-electron chi connectivity index (χ0n) is 29.3. The molecule has 4 N–H and O–H groups in total. The first kappa shape index (κ1) is 36.8. The molecule has 1 aromatic carbocycles. The molecule has 11 heteroatoms. The Morgan fingerprint density at radius 2 is 1.62 bits per heavy atom. The molecule has 0 spiro atoms. The molecule has 0 radical (unpaired) electrons. The molecule has 4 atom stereocenters. The van der Waals surface area contributed by atoms with Crippen molar-refractivity contribution < 1.29 is 53.9 Å². The third-order valence-electron chi connectivity index (χ3n) is 9.57. The second-order valence-corrected chi connectivity index (χ2v) is 16.0. The van der Waals surface area contributed by atoms with Crippen LogP contribution in [-0.4, -0.2) is 62.1 Å². The van der Waals surface area contributed by atoms with Crippen molar-refractivity contribution in [2.75, 3.05) is 6.79 Å². The number of phenols is 1. The number of benzene rings is 1. The van der Waals surface area contributed by atoms with Crippen molar-refractivity contribution in [2.45, 2.75) is 106 Å². The number of Topliss-reactive ketones (excluding diaryl/α,β-unsaturated/α-hetero) is 3. The molecule has 0 amide bonds. The molecule has 3 aliphatic rings. The molecule has 1 aromatic rings. The van der Waals surface area contributed by atoms with Gasteiger partial charge in [0.2, 0.25) is 12.6 Å². The summed E-state index contributed by atoms with van der Waals surface area (Å²) in [6.07, 6.45) is 0.374. The van der Waals surface area contributed by atoms with Crippen LogP contribution in [0.2, 0.25) is 0 Å². The molecule has 0 saturated heterocycles. The predicted octanol–water partition coefficient (Wildman–Crippen LogP) is 5.49. The second kappa shape index (κ2) is 12.8. The maximum atomic E-state index is 14.3. The van der Waals surface area contributed by atoms with E-state index in [1.165, 1.54) is 0 Å². The third-order valence-corrected chi connectivity index (χ3v) is 9.57. The van der Waals surface area contributed by atoms with Crippen molar-refractivity contribution in [1.29, 1.82) is 0 Å². The number of hydrogen-bond donors (Lipinski definition) is 4. The number of aliphatic hydroxyl groups excluding tert-OH is 2. The van der Waals surface area contributed by atoms with E-state index in [1.807, 2.05) is 34.6 Å². The number of carbonyl (C=O) groups is 5. The van der Waals surface area contributed by atoms with Gasteiger partial charge in [0.25, 0.3) is 0 Å². The zero-order valence-corrected chi connectivity index (χ0v) is 29.3. The molecule has 0 aliphatic heterocycles. The van der Waals surface area contributed by atoms with Gasteiger partial charge in [0, 0.05) is 17.9 Å².